The number of halogens is 1. The van der Waals surface area contributed by atoms with Gasteiger partial charge in [0.1, 0.15) is 6.33 Å². The summed E-state index contributed by atoms with van der Waals surface area (Å²) >= 11 is 7.34. The fraction of sp³-hybridized carbons (Fsp3) is 0.273. The molecule has 0 spiro atoms. The van der Waals surface area contributed by atoms with E-state index in [0.29, 0.717) is 0 Å². The smallest absolute Gasteiger partial charge is 0.348 e. The Morgan fingerprint density at radius 3 is 3.00 bits per heavy atom. The van der Waals surface area contributed by atoms with Gasteiger partial charge in [-0.25, -0.2) is 9.97 Å². The molecule has 6 nitrogen and oxygen atoms in total. The van der Waals surface area contributed by atoms with Gasteiger partial charge in [-0.2, -0.15) is 11.3 Å². The molecule has 2 aromatic heterocycles. The second kappa shape index (κ2) is 5.94. The maximum absolute atomic E-state index is 10.9. The molecule has 0 bridgehead atoms. The number of nitrogens with one attached hydrogen (secondary N) is 1. The van der Waals surface area contributed by atoms with Crippen LogP contribution in [0.2, 0.25) is 5.15 Å². The molecule has 0 radical (unpaired) electrons. The number of nitrogens with zero attached hydrogens (tertiary/aromatic N) is 3. The van der Waals surface area contributed by atoms with Crippen molar-refractivity contribution in [2.24, 2.45) is 0 Å². The molecule has 0 amide bonds. The molecular formula is C11H11ClN4O2S. The van der Waals surface area contributed by atoms with E-state index in [0.717, 1.165) is 6.42 Å². The van der Waals surface area contributed by atoms with Crippen LogP contribution in [0.25, 0.3) is 0 Å². The lowest BCUT2D eigenvalue weighted by atomic mass is 10.1. The molecular weight excluding hydrogens is 288 g/mol. The first-order valence-electron chi connectivity index (χ1n) is 5.50. The quantitative estimate of drug-likeness (QED) is 0.521. The Morgan fingerprint density at radius 1 is 1.58 bits per heavy atom. The molecule has 2 aromatic rings. The minimum absolute atomic E-state index is 0.000679. The van der Waals surface area contributed by atoms with Crippen molar-refractivity contribution >= 4 is 34.4 Å². The van der Waals surface area contributed by atoms with Gasteiger partial charge in [0, 0.05) is 6.04 Å². The van der Waals surface area contributed by atoms with Crippen LogP contribution in [0.4, 0.5) is 11.5 Å². The number of thiophene rings is 1. The monoisotopic (exact) mass is 298 g/mol. The maximum atomic E-state index is 10.9. The van der Waals surface area contributed by atoms with Gasteiger partial charge in [-0.15, -0.1) is 0 Å². The van der Waals surface area contributed by atoms with Crippen molar-refractivity contribution in [3.63, 3.8) is 0 Å². The van der Waals surface area contributed by atoms with Crippen molar-refractivity contribution in [2.75, 3.05) is 5.32 Å². The van der Waals surface area contributed by atoms with Gasteiger partial charge in [0.15, 0.2) is 0 Å². The summed E-state index contributed by atoms with van der Waals surface area (Å²) in [7, 11) is 0. The largest absolute Gasteiger partial charge is 0.361 e. The summed E-state index contributed by atoms with van der Waals surface area (Å²) < 4.78 is 0. The highest BCUT2D eigenvalue weighted by Crippen LogP contribution is 2.28. The first-order valence-corrected chi connectivity index (χ1v) is 6.82. The fourth-order valence-corrected chi connectivity index (χ4v) is 2.56. The Morgan fingerprint density at radius 2 is 2.37 bits per heavy atom. The van der Waals surface area contributed by atoms with Crippen LogP contribution in [0.15, 0.2) is 23.2 Å². The molecule has 0 fully saturated rings. The highest BCUT2D eigenvalue weighted by atomic mass is 35.5. The minimum Gasteiger partial charge on any atom is -0.361 e. The average molecular weight is 299 g/mol. The van der Waals surface area contributed by atoms with Crippen molar-refractivity contribution in [2.45, 2.75) is 19.4 Å². The highest BCUT2D eigenvalue weighted by molar-refractivity contribution is 7.07. The van der Waals surface area contributed by atoms with Crippen LogP contribution in [0.1, 0.15) is 12.5 Å². The lowest BCUT2D eigenvalue weighted by Crippen LogP contribution is -2.19. The van der Waals surface area contributed by atoms with E-state index in [2.05, 4.69) is 15.3 Å². The molecule has 0 saturated carbocycles. The van der Waals surface area contributed by atoms with E-state index in [9.17, 15) is 10.1 Å². The molecule has 2 heterocycles. The van der Waals surface area contributed by atoms with E-state index in [-0.39, 0.29) is 22.7 Å². The van der Waals surface area contributed by atoms with Gasteiger partial charge in [0.25, 0.3) is 0 Å². The number of anilines is 1. The van der Waals surface area contributed by atoms with Crippen LogP contribution in [-0.2, 0) is 6.42 Å². The lowest BCUT2D eigenvalue weighted by Gasteiger charge is -2.13. The SMILES string of the molecule is CC(Cc1ccsc1)Nc1ncnc(Cl)c1[N+](=O)[O-]. The number of nitro groups is 1. The van der Waals surface area contributed by atoms with Crippen molar-refractivity contribution in [3.8, 4) is 0 Å². The molecule has 0 saturated heterocycles. The lowest BCUT2D eigenvalue weighted by molar-refractivity contribution is -0.384. The molecule has 1 atom stereocenters. The molecule has 0 aliphatic carbocycles. The summed E-state index contributed by atoms with van der Waals surface area (Å²) in [6, 6.07) is 2.02. The second-order valence-corrected chi connectivity index (χ2v) is 5.14. The van der Waals surface area contributed by atoms with E-state index >= 15 is 0 Å². The van der Waals surface area contributed by atoms with E-state index < -0.39 is 4.92 Å². The topological polar surface area (TPSA) is 81.0 Å². The zero-order chi connectivity index (χ0) is 13.8. The van der Waals surface area contributed by atoms with E-state index in [1.807, 2.05) is 23.8 Å². The normalized spacial score (nSPS) is 12.1. The number of hydrogen-bond acceptors (Lipinski definition) is 6. The fourth-order valence-electron chi connectivity index (χ4n) is 1.67. The Labute approximate surface area is 118 Å². The van der Waals surface area contributed by atoms with Crippen LogP contribution in [-0.4, -0.2) is 20.9 Å². The van der Waals surface area contributed by atoms with Gasteiger partial charge in [-0.3, -0.25) is 10.1 Å². The zero-order valence-corrected chi connectivity index (χ0v) is 11.6. The van der Waals surface area contributed by atoms with Crippen molar-refractivity contribution in [1.82, 2.24) is 9.97 Å². The number of aromatic nitrogens is 2. The average Bonchev–Trinajstić information content (AvgIpc) is 2.81. The van der Waals surface area contributed by atoms with Crippen molar-refractivity contribution < 1.29 is 4.92 Å². The van der Waals surface area contributed by atoms with Gasteiger partial charge in [0.2, 0.25) is 11.0 Å². The second-order valence-electron chi connectivity index (χ2n) is 4.00. The van der Waals surface area contributed by atoms with Crippen molar-refractivity contribution in [1.29, 1.82) is 0 Å². The minimum atomic E-state index is -0.581. The molecule has 19 heavy (non-hydrogen) atoms. The van der Waals surface area contributed by atoms with E-state index in [4.69, 9.17) is 11.6 Å². The van der Waals surface area contributed by atoms with E-state index in [1.165, 1.54) is 11.9 Å². The Bertz CT molecular complexity index is 576. The third kappa shape index (κ3) is 3.39. The Balaban J connectivity index is 2.14. The summed E-state index contributed by atoms with van der Waals surface area (Å²) in [5.41, 5.74) is 0.883. The molecule has 8 heteroatoms. The standard InChI is InChI=1S/C11H11ClN4O2S/c1-7(4-8-2-3-19-5-8)15-11-9(16(17)18)10(12)13-6-14-11/h2-3,5-7H,4H2,1H3,(H,13,14,15). The molecule has 100 valence electrons. The third-order valence-corrected chi connectivity index (χ3v) is 3.47. The number of rotatable bonds is 5. The molecule has 0 aromatic carbocycles. The summed E-state index contributed by atoms with van der Waals surface area (Å²) in [6.07, 6.45) is 1.96. The maximum Gasteiger partial charge on any atom is 0.348 e. The van der Waals surface area contributed by atoms with Gasteiger partial charge >= 0.3 is 5.69 Å². The van der Waals surface area contributed by atoms with Crippen LogP contribution in [0.5, 0.6) is 0 Å². The van der Waals surface area contributed by atoms with Crippen LogP contribution in [0, 0.1) is 10.1 Å². The van der Waals surface area contributed by atoms with Gasteiger partial charge in [-0.05, 0) is 35.7 Å². The predicted molar refractivity (Wildman–Crippen MR) is 74.8 cm³/mol. The molecule has 0 aliphatic rings. The van der Waals surface area contributed by atoms with Gasteiger partial charge in [-0.1, -0.05) is 11.6 Å². The molecule has 1 unspecified atom stereocenters. The predicted octanol–water partition coefficient (Wildman–Crippen LogP) is 3.14. The summed E-state index contributed by atoms with van der Waals surface area (Å²) in [5, 5.41) is 17.8. The summed E-state index contributed by atoms with van der Waals surface area (Å²) in [4.78, 5) is 17.9. The molecule has 2 rings (SSSR count). The Hall–Kier alpha value is -1.73. The zero-order valence-electron chi connectivity index (χ0n) is 10.0. The number of hydrogen-bond donors (Lipinski definition) is 1. The first-order chi connectivity index (χ1) is 9.08. The third-order valence-electron chi connectivity index (χ3n) is 2.47. The molecule has 0 aliphatic heterocycles. The van der Waals surface area contributed by atoms with Crippen LogP contribution < -0.4 is 5.32 Å². The Kier molecular flexibility index (Phi) is 4.28. The van der Waals surface area contributed by atoms with Gasteiger partial charge < -0.3 is 5.32 Å². The van der Waals surface area contributed by atoms with Crippen LogP contribution in [0.3, 0.4) is 0 Å². The first kappa shape index (κ1) is 13.7. The van der Waals surface area contributed by atoms with Crippen molar-refractivity contribution in [3.05, 3.63) is 44.0 Å². The van der Waals surface area contributed by atoms with E-state index in [1.54, 1.807) is 11.3 Å². The summed E-state index contributed by atoms with van der Waals surface area (Å²) in [5.74, 6) is 0.146. The van der Waals surface area contributed by atoms with Crippen LogP contribution >= 0.6 is 22.9 Å². The molecule has 1 N–H and O–H groups in total. The van der Waals surface area contributed by atoms with Gasteiger partial charge in [0.05, 0.1) is 4.92 Å². The summed E-state index contributed by atoms with van der Waals surface area (Å²) in [6.45, 7) is 1.93. The highest BCUT2D eigenvalue weighted by Gasteiger charge is 2.22.